The Labute approximate surface area is 125 Å². The Kier molecular flexibility index (Phi) is 4.90. The van der Waals surface area contributed by atoms with Gasteiger partial charge in [0, 0.05) is 16.7 Å². The largest absolute Gasteiger partial charge is 0.497 e. The van der Waals surface area contributed by atoms with Crippen LogP contribution in [0.2, 0.25) is 0 Å². The van der Waals surface area contributed by atoms with Crippen LogP contribution in [0.3, 0.4) is 0 Å². The molecule has 0 saturated carbocycles. The van der Waals surface area contributed by atoms with Gasteiger partial charge in [-0.25, -0.2) is 4.98 Å². The fourth-order valence-corrected chi connectivity index (χ4v) is 1.74. The molecule has 0 spiro atoms. The predicted octanol–water partition coefficient (Wildman–Crippen LogP) is 3.50. The highest BCUT2D eigenvalue weighted by atomic mass is 79.9. The molecule has 20 heavy (non-hydrogen) atoms. The molecule has 5 heteroatoms. The van der Waals surface area contributed by atoms with Gasteiger partial charge >= 0.3 is 0 Å². The second-order valence-electron chi connectivity index (χ2n) is 3.96. The maximum absolute atomic E-state index is 11.7. The molecule has 2 rings (SSSR count). The van der Waals surface area contributed by atoms with Crippen LogP contribution < -0.4 is 10.1 Å². The summed E-state index contributed by atoms with van der Waals surface area (Å²) in [5.74, 6) is 1.07. The highest BCUT2D eigenvalue weighted by Gasteiger charge is 1.99. The van der Waals surface area contributed by atoms with Crippen molar-refractivity contribution in [3.8, 4) is 5.75 Å². The molecule has 0 saturated heterocycles. The molecule has 1 N–H and O–H groups in total. The van der Waals surface area contributed by atoms with E-state index < -0.39 is 0 Å². The van der Waals surface area contributed by atoms with E-state index in [-0.39, 0.29) is 5.91 Å². The normalized spacial score (nSPS) is 10.5. The van der Waals surface area contributed by atoms with Gasteiger partial charge in [-0.2, -0.15) is 0 Å². The number of hydrogen-bond acceptors (Lipinski definition) is 3. The number of methoxy groups -OCH3 is 1. The Hall–Kier alpha value is -2.14. The van der Waals surface area contributed by atoms with E-state index >= 15 is 0 Å². The van der Waals surface area contributed by atoms with Gasteiger partial charge in [-0.05, 0) is 51.8 Å². The molecular weight excluding hydrogens is 320 g/mol. The van der Waals surface area contributed by atoms with Gasteiger partial charge in [0.2, 0.25) is 5.91 Å². The van der Waals surface area contributed by atoms with E-state index in [4.69, 9.17) is 4.74 Å². The van der Waals surface area contributed by atoms with Gasteiger partial charge in [-0.1, -0.05) is 12.1 Å². The van der Waals surface area contributed by atoms with Gasteiger partial charge in [0.1, 0.15) is 11.6 Å². The minimum absolute atomic E-state index is 0.226. The summed E-state index contributed by atoms with van der Waals surface area (Å²) in [5, 5.41) is 2.68. The van der Waals surface area contributed by atoms with Crippen LogP contribution in [-0.4, -0.2) is 18.0 Å². The van der Waals surface area contributed by atoms with Crippen LogP contribution in [0.1, 0.15) is 5.56 Å². The number of aromatic nitrogens is 1. The number of hydrogen-bond donors (Lipinski definition) is 1. The van der Waals surface area contributed by atoms with E-state index in [1.54, 1.807) is 25.4 Å². The molecule has 4 nitrogen and oxygen atoms in total. The number of rotatable bonds is 4. The summed E-state index contributed by atoms with van der Waals surface area (Å²) in [6.45, 7) is 0. The van der Waals surface area contributed by atoms with E-state index in [0.29, 0.717) is 5.82 Å². The molecule has 1 amide bonds. The van der Waals surface area contributed by atoms with Gasteiger partial charge in [-0.15, -0.1) is 0 Å². The molecule has 0 aliphatic carbocycles. The van der Waals surface area contributed by atoms with Crippen molar-refractivity contribution in [3.05, 3.63) is 58.7 Å². The number of halogens is 1. The predicted molar refractivity (Wildman–Crippen MR) is 82.6 cm³/mol. The lowest BCUT2D eigenvalue weighted by Crippen LogP contribution is -2.08. The molecule has 102 valence electrons. The number of nitrogens with one attached hydrogen (secondary N) is 1. The fourth-order valence-electron chi connectivity index (χ4n) is 1.50. The highest BCUT2D eigenvalue weighted by Crippen LogP contribution is 2.13. The quantitative estimate of drug-likeness (QED) is 0.871. The summed E-state index contributed by atoms with van der Waals surface area (Å²) >= 11 is 3.29. The first-order valence-corrected chi connectivity index (χ1v) is 6.71. The molecule has 0 bridgehead atoms. The monoisotopic (exact) mass is 332 g/mol. The summed E-state index contributed by atoms with van der Waals surface area (Å²) in [5.41, 5.74) is 0.921. The van der Waals surface area contributed by atoms with Gasteiger partial charge in [0.15, 0.2) is 0 Å². The van der Waals surface area contributed by atoms with Gasteiger partial charge in [0.05, 0.1) is 7.11 Å². The number of carbonyl (C=O) groups excluding carboxylic acids is 1. The van der Waals surface area contributed by atoms with Crippen molar-refractivity contribution in [2.45, 2.75) is 0 Å². The van der Waals surface area contributed by atoms with E-state index in [1.807, 2.05) is 30.3 Å². The van der Waals surface area contributed by atoms with Crippen molar-refractivity contribution in [1.29, 1.82) is 0 Å². The van der Waals surface area contributed by atoms with Crippen LogP contribution in [0.5, 0.6) is 5.75 Å². The zero-order valence-electron chi connectivity index (χ0n) is 10.8. The molecule has 0 atom stereocenters. The number of nitrogens with zero attached hydrogens (tertiary/aromatic N) is 1. The topological polar surface area (TPSA) is 51.2 Å². The second-order valence-corrected chi connectivity index (χ2v) is 4.87. The van der Waals surface area contributed by atoms with Gasteiger partial charge in [-0.3, -0.25) is 4.79 Å². The van der Waals surface area contributed by atoms with E-state index in [2.05, 4.69) is 26.2 Å². The third kappa shape index (κ3) is 4.20. The first kappa shape index (κ1) is 14.3. The molecule has 0 radical (unpaired) electrons. The number of ether oxygens (including phenoxy) is 1. The standard InChI is InChI=1S/C15H13BrN2O2/c1-20-13-6-2-11(3-7-13)4-9-15(19)18-14-8-5-12(16)10-17-14/h2-10H,1H3,(H,17,18,19)/b9-4+. The smallest absolute Gasteiger partial charge is 0.249 e. The minimum atomic E-state index is -0.226. The number of amides is 1. The van der Waals surface area contributed by atoms with Crippen molar-refractivity contribution in [2.75, 3.05) is 12.4 Å². The van der Waals surface area contributed by atoms with E-state index in [1.165, 1.54) is 6.08 Å². The third-order valence-electron chi connectivity index (χ3n) is 2.52. The van der Waals surface area contributed by atoms with Crippen LogP contribution in [0, 0.1) is 0 Å². The Morgan fingerprint density at radius 1 is 1.25 bits per heavy atom. The molecular formula is C15H13BrN2O2. The van der Waals surface area contributed by atoms with Gasteiger partial charge < -0.3 is 10.1 Å². The average molecular weight is 333 g/mol. The number of pyridine rings is 1. The van der Waals surface area contributed by atoms with Crippen molar-refractivity contribution >= 4 is 33.7 Å². The summed E-state index contributed by atoms with van der Waals surface area (Å²) in [4.78, 5) is 15.8. The van der Waals surface area contributed by atoms with Gasteiger partial charge in [0.25, 0.3) is 0 Å². The van der Waals surface area contributed by atoms with Crippen LogP contribution in [-0.2, 0) is 4.79 Å². The first-order chi connectivity index (χ1) is 9.67. The molecule has 1 aromatic carbocycles. The lowest BCUT2D eigenvalue weighted by Gasteiger charge is -2.01. The number of benzene rings is 1. The molecule has 1 aromatic heterocycles. The summed E-state index contributed by atoms with van der Waals surface area (Å²) in [6.07, 6.45) is 4.82. The Balaban J connectivity index is 1.96. The molecule has 0 aliphatic rings. The van der Waals surface area contributed by atoms with E-state index in [0.717, 1.165) is 15.8 Å². The Morgan fingerprint density at radius 3 is 2.60 bits per heavy atom. The second kappa shape index (κ2) is 6.86. The lowest BCUT2D eigenvalue weighted by molar-refractivity contribution is -0.111. The molecule has 0 fully saturated rings. The maximum atomic E-state index is 11.7. The van der Waals surface area contributed by atoms with Crippen molar-refractivity contribution < 1.29 is 9.53 Å². The lowest BCUT2D eigenvalue weighted by atomic mass is 10.2. The van der Waals surface area contributed by atoms with Crippen LogP contribution >= 0.6 is 15.9 Å². The molecule has 0 aliphatic heterocycles. The average Bonchev–Trinajstić information content (AvgIpc) is 2.48. The Bertz CT molecular complexity index is 607. The van der Waals surface area contributed by atoms with Crippen molar-refractivity contribution in [1.82, 2.24) is 4.98 Å². The SMILES string of the molecule is COc1ccc(/C=C/C(=O)Nc2ccc(Br)cn2)cc1. The minimum Gasteiger partial charge on any atom is -0.497 e. The summed E-state index contributed by atoms with van der Waals surface area (Å²) in [6, 6.07) is 11.0. The molecule has 1 heterocycles. The van der Waals surface area contributed by atoms with Crippen LogP contribution in [0.25, 0.3) is 6.08 Å². The highest BCUT2D eigenvalue weighted by molar-refractivity contribution is 9.10. The molecule has 2 aromatic rings. The summed E-state index contributed by atoms with van der Waals surface area (Å²) in [7, 11) is 1.61. The van der Waals surface area contributed by atoms with Crippen LogP contribution in [0.15, 0.2) is 53.1 Å². The fraction of sp³-hybridized carbons (Fsp3) is 0.0667. The zero-order valence-corrected chi connectivity index (χ0v) is 12.4. The van der Waals surface area contributed by atoms with E-state index in [9.17, 15) is 4.79 Å². The number of carbonyl (C=O) groups is 1. The third-order valence-corrected chi connectivity index (χ3v) is 2.99. The zero-order chi connectivity index (χ0) is 14.4. The maximum Gasteiger partial charge on any atom is 0.249 e. The molecule has 0 unspecified atom stereocenters. The van der Waals surface area contributed by atoms with Crippen molar-refractivity contribution in [2.24, 2.45) is 0 Å². The Morgan fingerprint density at radius 2 is 2.00 bits per heavy atom. The first-order valence-electron chi connectivity index (χ1n) is 5.92. The summed E-state index contributed by atoms with van der Waals surface area (Å²) < 4.78 is 5.93. The number of anilines is 1. The van der Waals surface area contributed by atoms with Crippen LogP contribution in [0.4, 0.5) is 5.82 Å². The van der Waals surface area contributed by atoms with Crippen molar-refractivity contribution in [3.63, 3.8) is 0 Å².